The maximum Gasteiger partial charge on any atom is 0.251 e. The fraction of sp³-hybridized carbons (Fsp3) is 0.611. The quantitative estimate of drug-likeness (QED) is 0.844. The van der Waals surface area contributed by atoms with Crippen molar-refractivity contribution in [2.45, 2.75) is 36.6 Å². The zero-order valence-corrected chi connectivity index (χ0v) is 16.1. The Bertz CT molecular complexity index is 807. The van der Waals surface area contributed by atoms with E-state index in [2.05, 4.69) is 5.32 Å². The van der Waals surface area contributed by atoms with Gasteiger partial charge in [0, 0.05) is 24.7 Å². The highest BCUT2D eigenvalue weighted by atomic mass is 35.5. The van der Waals surface area contributed by atoms with Gasteiger partial charge in [-0.25, -0.2) is 8.42 Å². The molecule has 1 amide bonds. The van der Waals surface area contributed by atoms with Crippen LogP contribution in [0.15, 0.2) is 23.1 Å². The monoisotopic (exact) mass is 398 g/mol. The molecular weight excluding hydrogens is 376 g/mol. The molecule has 1 aromatic rings. The Labute approximate surface area is 158 Å². The van der Waals surface area contributed by atoms with Crippen LogP contribution in [0.25, 0.3) is 0 Å². The van der Waals surface area contributed by atoms with Crippen LogP contribution in [0.4, 0.5) is 0 Å². The highest BCUT2D eigenvalue weighted by Crippen LogP contribution is 2.44. The second kappa shape index (κ2) is 7.11. The summed E-state index contributed by atoms with van der Waals surface area (Å²) < 4.78 is 32.3. The molecule has 1 N–H and O–H groups in total. The minimum atomic E-state index is -3.74. The molecule has 1 heterocycles. The largest absolute Gasteiger partial charge is 0.379 e. The number of hydrogen-bond acceptors (Lipinski definition) is 4. The first-order valence-corrected chi connectivity index (χ1v) is 11.0. The van der Waals surface area contributed by atoms with Crippen LogP contribution >= 0.6 is 11.6 Å². The van der Waals surface area contributed by atoms with Crippen molar-refractivity contribution in [2.75, 3.05) is 26.3 Å². The van der Waals surface area contributed by atoms with E-state index in [0.717, 1.165) is 12.3 Å². The topological polar surface area (TPSA) is 75.7 Å². The predicted molar refractivity (Wildman–Crippen MR) is 97.7 cm³/mol. The molecule has 4 rings (SSSR count). The molecule has 3 fully saturated rings. The van der Waals surface area contributed by atoms with Gasteiger partial charge in [-0.2, -0.15) is 4.31 Å². The summed E-state index contributed by atoms with van der Waals surface area (Å²) in [6.45, 7) is 1.31. The second-order valence-electron chi connectivity index (χ2n) is 7.42. The summed E-state index contributed by atoms with van der Waals surface area (Å²) in [5.41, 5.74) is 0.337. The Kier molecular flexibility index (Phi) is 4.98. The van der Waals surface area contributed by atoms with Gasteiger partial charge in [0.2, 0.25) is 10.0 Å². The van der Waals surface area contributed by atoms with E-state index in [9.17, 15) is 13.2 Å². The third kappa shape index (κ3) is 3.38. The summed E-state index contributed by atoms with van der Waals surface area (Å²) in [5, 5.41) is 3.23. The van der Waals surface area contributed by atoms with Crippen molar-refractivity contribution in [3.63, 3.8) is 0 Å². The lowest BCUT2D eigenvalue weighted by atomic mass is 9.95. The molecule has 1 aromatic carbocycles. The van der Waals surface area contributed by atoms with Gasteiger partial charge in [-0.05, 0) is 49.3 Å². The van der Waals surface area contributed by atoms with Gasteiger partial charge in [0.05, 0.1) is 18.2 Å². The maximum absolute atomic E-state index is 12.9. The molecule has 1 saturated heterocycles. The summed E-state index contributed by atoms with van der Waals surface area (Å²) >= 11 is 6.16. The van der Waals surface area contributed by atoms with Crippen molar-refractivity contribution in [3.8, 4) is 0 Å². The summed E-state index contributed by atoms with van der Waals surface area (Å²) in [6.07, 6.45) is 4.66. The summed E-state index contributed by atoms with van der Waals surface area (Å²) in [5.74, 6) is 1.07. The number of benzene rings is 1. The van der Waals surface area contributed by atoms with Gasteiger partial charge in [-0.15, -0.1) is 0 Å². The molecule has 3 atom stereocenters. The number of fused-ring (bicyclic) bond motifs is 2. The Morgan fingerprint density at radius 1 is 1.19 bits per heavy atom. The number of halogens is 1. The van der Waals surface area contributed by atoms with Crippen LogP contribution in [-0.4, -0.2) is 51.0 Å². The number of amides is 1. The minimum absolute atomic E-state index is 0.0124. The zero-order chi connectivity index (χ0) is 18.3. The summed E-state index contributed by atoms with van der Waals surface area (Å²) in [4.78, 5) is 12.6. The van der Waals surface area contributed by atoms with Crippen molar-refractivity contribution < 1.29 is 17.9 Å². The Morgan fingerprint density at radius 2 is 1.96 bits per heavy atom. The first kappa shape index (κ1) is 18.2. The third-order valence-corrected chi connectivity index (χ3v) is 8.22. The minimum Gasteiger partial charge on any atom is -0.379 e. The fourth-order valence-corrected chi connectivity index (χ4v) is 6.35. The molecule has 2 saturated carbocycles. The molecule has 8 heteroatoms. The van der Waals surface area contributed by atoms with Crippen LogP contribution in [0, 0.1) is 11.8 Å². The zero-order valence-electron chi connectivity index (χ0n) is 14.5. The van der Waals surface area contributed by atoms with Crippen LogP contribution in [0.3, 0.4) is 0 Å². The van der Waals surface area contributed by atoms with Crippen LogP contribution in [0.1, 0.15) is 36.0 Å². The molecule has 0 spiro atoms. The van der Waals surface area contributed by atoms with Crippen molar-refractivity contribution in [1.82, 2.24) is 9.62 Å². The van der Waals surface area contributed by atoms with E-state index in [1.165, 1.54) is 35.7 Å². The Morgan fingerprint density at radius 3 is 2.62 bits per heavy atom. The normalized spacial score (nSPS) is 29.0. The molecule has 0 aromatic heterocycles. The lowest BCUT2D eigenvalue weighted by molar-refractivity contribution is 0.0730. The van der Waals surface area contributed by atoms with Gasteiger partial charge >= 0.3 is 0 Å². The lowest BCUT2D eigenvalue weighted by Crippen LogP contribution is -2.41. The van der Waals surface area contributed by atoms with Gasteiger partial charge < -0.3 is 10.1 Å². The van der Waals surface area contributed by atoms with Gasteiger partial charge in [0.15, 0.2) is 0 Å². The summed E-state index contributed by atoms with van der Waals surface area (Å²) in [6, 6.07) is 4.68. The first-order chi connectivity index (χ1) is 12.4. The molecule has 1 aliphatic heterocycles. The molecular formula is C18H23ClN2O4S. The van der Waals surface area contributed by atoms with Crippen molar-refractivity contribution in [2.24, 2.45) is 11.8 Å². The van der Waals surface area contributed by atoms with Gasteiger partial charge in [0.1, 0.15) is 4.90 Å². The number of hydrogen-bond donors (Lipinski definition) is 1. The number of ether oxygens (including phenoxy) is 1. The fourth-order valence-electron chi connectivity index (χ4n) is 4.44. The molecule has 26 heavy (non-hydrogen) atoms. The van der Waals surface area contributed by atoms with E-state index < -0.39 is 10.0 Å². The SMILES string of the molecule is O=C(N[C@H]1C[C@H]2CC[C@H]1C2)c1ccc(Cl)c(S(=O)(=O)N2CCOCC2)c1. The first-order valence-electron chi connectivity index (χ1n) is 9.13. The van der Waals surface area contributed by atoms with Crippen LogP contribution in [0.2, 0.25) is 5.02 Å². The predicted octanol–water partition coefficient (Wildman–Crippen LogP) is 2.28. The highest BCUT2D eigenvalue weighted by Gasteiger charge is 2.40. The van der Waals surface area contributed by atoms with Crippen LogP contribution in [0.5, 0.6) is 0 Å². The van der Waals surface area contributed by atoms with Crippen molar-refractivity contribution in [3.05, 3.63) is 28.8 Å². The van der Waals surface area contributed by atoms with Crippen LogP contribution < -0.4 is 5.32 Å². The van der Waals surface area contributed by atoms with Crippen molar-refractivity contribution >= 4 is 27.5 Å². The average Bonchev–Trinajstić information content (AvgIpc) is 3.25. The summed E-state index contributed by atoms with van der Waals surface area (Å²) in [7, 11) is -3.74. The van der Waals surface area contributed by atoms with E-state index in [1.807, 2.05) is 0 Å². The smallest absolute Gasteiger partial charge is 0.251 e. The van der Waals surface area contributed by atoms with E-state index in [0.29, 0.717) is 37.8 Å². The number of rotatable bonds is 4. The highest BCUT2D eigenvalue weighted by molar-refractivity contribution is 7.89. The number of sulfonamides is 1. The van der Waals surface area contributed by atoms with E-state index in [1.54, 1.807) is 6.07 Å². The standard InChI is InChI=1S/C18H23ClN2O4S/c19-15-4-3-14(18(22)20-16-10-12-1-2-13(16)9-12)11-17(15)26(23,24)21-5-7-25-8-6-21/h3-4,11-13,16H,1-2,5-10H2,(H,20,22)/t12-,13-,16-/m0/s1. The number of carbonyl (C=O) groups is 1. The van der Waals surface area contributed by atoms with E-state index in [-0.39, 0.29) is 21.9 Å². The average molecular weight is 399 g/mol. The van der Waals surface area contributed by atoms with Crippen molar-refractivity contribution in [1.29, 1.82) is 0 Å². The van der Waals surface area contributed by atoms with Gasteiger partial charge in [-0.3, -0.25) is 4.79 Å². The molecule has 0 radical (unpaired) electrons. The number of morpholine rings is 1. The lowest BCUT2D eigenvalue weighted by Gasteiger charge is -2.26. The van der Waals surface area contributed by atoms with Crippen LogP contribution in [-0.2, 0) is 14.8 Å². The number of nitrogens with zero attached hydrogens (tertiary/aromatic N) is 1. The van der Waals surface area contributed by atoms with E-state index >= 15 is 0 Å². The molecule has 6 nitrogen and oxygen atoms in total. The number of nitrogens with one attached hydrogen (secondary N) is 1. The van der Waals surface area contributed by atoms with E-state index in [4.69, 9.17) is 16.3 Å². The molecule has 0 unspecified atom stereocenters. The molecule has 2 aliphatic carbocycles. The molecule has 2 bridgehead atoms. The van der Waals surface area contributed by atoms with Gasteiger partial charge in [-0.1, -0.05) is 18.0 Å². The Hall–Kier alpha value is -1.15. The third-order valence-electron chi connectivity index (χ3n) is 5.84. The van der Waals surface area contributed by atoms with Gasteiger partial charge in [0.25, 0.3) is 5.91 Å². The molecule has 142 valence electrons. The molecule has 3 aliphatic rings. The maximum atomic E-state index is 12.9. The Balaban J connectivity index is 1.54. The second-order valence-corrected chi connectivity index (χ2v) is 9.73. The number of carbonyl (C=O) groups excluding carboxylic acids is 1.